The Hall–Kier alpha value is -2.84. The molecule has 3 heterocycles. The second kappa shape index (κ2) is 8.96. The van der Waals surface area contributed by atoms with E-state index >= 15 is 0 Å². The molecule has 1 N–H and O–H groups in total. The third kappa shape index (κ3) is 4.38. The summed E-state index contributed by atoms with van der Waals surface area (Å²) in [6, 6.07) is 5.36. The van der Waals surface area contributed by atoms with E-state index in [2.05, 4.69) is 20.7 Å². The quantitative estimate of drug-likeness (QED) is 0.569. The molecule has 1 amide bonds. The monoisotopic (exact) mass is 474 g/mol. The van der Waals surface area contributed by atoms with Crippen LogP contribution in [0.3, 0.4) is 0 Å². The van der Waals surface area contributed by atoms with Gasteiger partial charge in [0.15, 0.2) is 0 Å². The SMILES string of the molecule is CCn1cc(C2=NOC(C(=O)Nc3c(C)nn(Cc4ccc(Cl)cc4Cl)c3C)C2)c(C)n1. The van der Waals surface area contributed by atoms with E-state index in [9.17, 15) is 4.79 Å². The maximum absolute atomic E-state index is 12.9. The minimum absolute atomic E-state index is 0.264. The molecule has 0 aliphatic carbocycles. The maximum atomic E-state index is 12.9. The second-order valence-electron chi connectivity index (χ2n) is 7.75. The van der Waals surface area contributed by atoms with Crippen molar-refractivity contribution in [1.29, 1.82) is 0 Å². The molecule has 32 heavy (non-hydrogen) atoms. The highest BCUT2D eigenvalue weighted by atomic mass is 35.5. The number of benzene rings is 1. The minimum Gasteiger partial charge on any atom is -0.382 e. The lowest BCUT2D eigenvalue weighted by molar-refractivity contribution is -0.125. The first-order valence-electron chi connectivity index (χ1n) is 10.3. The van der Waals surface area contributed by atoms with E-state index in [-0.39, 0.29) is 5.91 Å². The van der Waals surface area contributed by atoms with Crippen molar-refractivity contribution in [2.45, 2.75) is 53.3 Å². The lowest BCUT2D eigenvalue weighted by atomic mass is 10.1. The van der Waals surface area contributed by atoms with E-state index in [1.54, 1.807) is 16.8 Å². The van der Waals surface area contributed by atoms with Crippen LogP contribution in [0.15, 0.2) is 29.6 Å². The van der Waals surface area contributed by atoms with Crippen LogP contribution in [-0.2, 0) is 22.7 Å². The van der Waals surface area contributed by atoms with Gasteiger partial charge in [-0.3, -0.25) is 14.2 Å². The lowest BCUT2D eigenvalue weighted by Crippen LogP contribution is -2.28. The molecule has 1 atom stereocenters. The molecular formula is C22H24Cl2N6O2. The topological polar surface area (TPSA) is 86.3 Å². The van der Waals surface area contributed by atoms with Crippen LogP contribution in [0.4, 0.5) is 5.69 Å². The minimum atomic E-state index is -0.706. The van der Waals surface area contributed by atoms with E-state index in [1.165, 1.54) is 0 Å². The fourth-order valence-electron chi connectivity index (χ4n) is 3.69. The maximum Gasteiger partial charge on any atom is 0.268 e. The molecule has 0 radical (unpaired) electrons. The van der Waals surface area contributed by atoms with Crippen molar-refractivity contribution in [3.05, 3.63) is 62.6 Å². The normalized spacial score (nSPS) is 15.6. The van der Waals surface area contributed by atoms with E-state index in [1.807, 2.05) is 44.6 Å². The van der Waals surface area contributed by atoms with Crippen molar-refractivity contribution in [3.63, 3.8) is 0 Å². The van der Waals surface area contributed by atoms with Crippen molar-refractivity contribution >= 4 is 40.5 Å². The molecule has 1 aliphatic rings. The summed E-state index contributed by atoms with van der Waals surface area (Å²) in [7, 11) is 0. The van der Waals surface area contributed by atoms with Crippen LogP contribution in [0.2, 0.25) is 10.0 Å². The Morgan fingerprint density at radius 2 is 2.00 bits per heavy atom. The van der Waals surface area contributed by atoms with Gasteiger partial charge in [-0.15, -0.1) is 0 Å². The number of carbonyl (C=O) groups is 1. The van der Waals surface area contributed by atoms with E-state index < -0.39 is 6.10 Å². The Balaban J connectivity index is 1.45. The average Bonchev–Trinajstić information content (AvgIpc) is 3.44. The molecule has 0 saturated heterocycles. The van der Waals surface area contributed by atoms with Crippen LogP contribution >= 0.6 is 23.2 Å². The lowest BCUT2D eigenvalue weighted by Gasteiger charge is -2.11. The highest BCUT2D eigenvalue weighted by Gasteiger charge is 2.31. The van der Waals surface area contributed by atoms with Gasteiger partial charge in [0, 0.05) is 34.8 Å². The number of carbonyl (C=O) groups excluding carboxylic acids is 1. The Morgan fingerprint density at radius 1 is 1.22 bits per heavy atom. The number of hydrogen-bond donors (Lipinski definition) is 1. The van der Waals surface area contributed by atoms with Gasteiger partial charge in [-0.2, -0.15) is 10.2 Å². The summed E-state index contributed by atoms with van der Waals surface area (Å²) in [5, 5.41) is 17.2. The first kappa shape index (κ1) is 22.4. The summed E-state index contributed by atoms with van der Waals surface area (Å²) in [4.78, 5) is 18.3. The van der Waals surface area contributed by atoms with Crippen LogP contribution in [0.1, 0.15) is 41.6 Å². The molecule has 0 bridgehead atoms. The van der Waals surface area contributed by atoms with Crippen molar-refractivity contribution in [2.24, 2.45) is 5.16 Å². The summed E-state index contributed by atoms with van der Waals surface area (Å²) in [5.74, 6) is -0.264. The highest BCUT2D eigenvalue weighted by molar-refractivity contribution is 6.35. The molecule has 2 aromatic heterocycles. The van der Waals surface area contributed by atoms with Crippen molar-refractivity contribution in [3.8, 4) is 0 Å². The summed E-state index contributed by atoms with van der Waals surface area (Å²) in [6.07, 6.45) is 1.61. The molecule has 8 nitrogen and oxygen atoms in total. The van der Waals surface area contributed by atoms with Gasteiger partial charge >= 0.3 is 0 Å². The molecule has 10 heteroatoms. The first-order chi connectivity index (χ1) is 15.3. The third-order valence-electron chi connectivity index (χ3n) is 5.51. The number of oxime groups is 1. The molecule has 168 valence electrons. The number of nitrogens with zero attached hydrogens (tertiary/aromatic N) is 5. The fourth-order valence-corrected chi connectivity index (χ4v) is 4.16. The van der Waals surface area contributed by atoms with Gasteiger partial charge in [0.2, 0.25) is 6.10 Å². The summed E-state index contributed by atoms with van der Waals surface area (Å²) >= 11 is 12.3. The summed E-state index contributed by atoms with van der Waals surface area (Å²) in [6.45, 7) is 8.92. The highest BCUT2D eigenvalue weighted by Crippen LogP contribution is 2.26. The van der Waals surface area contributed by atoms with Crippen LogP contribution in [0.5, 0.6) is 0 Å². The standard InChI is InChI=1S/C22H24Cl2N6O2/c1-5-29-11-17(12(2)26-29)19-9-20(32-28-19)22(31)25-21-13(3)27-30(14(21)4)10-15-6-7-16(23)8-18(15)24/h6-8,11,20H,5,9-10H2,1-4H3,(H,25,31). The number of aryl methyl sites for hydroxylation is 3. The van der Waals surface area contributed by atoms with Gasteiger partial charge in [-0.05, 0) is 45.4 Å². The number of hydrogen-bond acceptors (Lipinski definition) is 5. The first-order valence-corrected chi connectivity index (χ1v) is 11.1. The molecule has 0 fully saturated rings. The summed E-state index contributed by atoms with van der Waals surface area (Å²) < 4.78 is 3.65. The van der Waals surface area contributed by atoms with Crippen molar-refractivity contribution < 1.29 is 9.63 Å². The number of aromatic nitrogens is 4. The third-order valence-corrected chi connectivity index (χ3v) is 6.09. The Labute approximate surface area is 196 Å². The van der Waals surface area contributed by atoms with E-state index in [4.69, 9.17) is 28.0 Å². The van der Waals surface area contributed by atoms with Crippen molar-refractivity contribution in [2.75, 3.05) is 5.32 Å². The number of halogens is 2. The Kier molecular flexibility index (Phi) is 6.26. The zero-order valence-corrected chi connectivity index (χ0v) is 19.8. The van der Waals surface area contributed by atoms with Gasteiger partial charge in [-0.1, -0.05) is 34.4 Å². The van der Waals surface area contributed by atoms with Crippen LogP contribution < -0.4 is 5.32 Å². The predicted octanol–water partition coefficient (Wildman–Crippen LogP) is 4.51. The average molecular weight is 475 g/mol. The van der Waals surface area contributed by atoms with Gasteiger partial charge in [0.25, 0.3) is 5.91 Å². The van der Waals surface area contributed by atoms with Crippen molar-refractivity contribution in [1.82, 2.24) is 19.6 Å². The molecule has 0 saturated carbocycles. The molecule has 4 rings (SSSR count). The molecule has 0 spiro atoms. The van der Waals surface area contributed by atoms with Gasteiger partial charge in [-0.25, -0.2) is 0 Å². The van der Waals surface area contributed by atoms with Gasteiger partial charge in [0.1, 0.15) is 0 Å². The van der Waals surface area contributed by atoms with Crippen LogP contribution in [-0.4, -0.2) is 37.3 Å². The molecule has 1 aromatic carbocycles. The smallest absolute Gasteiger partial charge is 0.268 e. The Bertz CT molecular complexity index is 1210. The number of anilines is 1. The number of rotatable bonds is 6. The van der Waals surface area contributed by atoms with E-state index in [0.29, 0.717) is 34.4 Å². The van der Waals surface area contributed by atoms with Gasteiger partial charge < -0.3 is 10.2 Å². The molecule has 3 aromatic rings. The fraction of sp³-hybridized carbons (Fsp3) is 0.364. The predicted molar refractivity (Wildman–Crippen MR) is 125 cm³/mol. The Morgan fingerprint density at radius 3 is 2.69 bits per heavy atom. The number of amides is 1. The molecular weight excluding hydrogens is 451 g/mol. The number of nitrogens with one attached hydrogen (secondary N) is 1. The largest absolute Gasteiger partial charge is 0.382 e. The summed E-state index contributed by atoms with van der Waals surface area (Å²) in [5.41, 5.74) is 5.57. The van der Waals surface area contributed by atoms with Gasteiger partial charge in [0.05, 0.1) is 35.0 Å². The zero-order valence-electron chi connectivity index (χ0n) is 18.3. The molecule has 1 unspecified atom stereocenters. The zero-order chi connectivity index (χ0) is 23.0. The van der Waals surface area contributed by atoms with E-state index in [0.717, 1.165) is 34.8 Å². The van der Waals surface area contributed by atoms with Crippen LogP contribution in [0.25, 0.3) is 0 Å². The molecule has 1 aliphatic heterocycles. The van der Waals surface area contributed by atoms with Crippen LogP contribution in [0, 0.1) is 20.8 Å². The second-order valence-corrected chi connectivity index (χ2v) is 8.59.